The first-order valence-corrected chi connectivity index (χ1v) is 8.13. The monoisotopic (exact) mass is 325 g/mol. The van der Waals surface area contributed by atoms with Gasteiger partial charge in [0.05, 0.1) is 13.2 Å². The van der Waals surface area contributed by atoms with Crippen LogP contribution >= 0.6 is 11.6 Å². The van der Waals surface area contributed by atoms with Crippen molar-refractivity contribution in [3.05, 3.63) is 29.3 Å². The normalized spacial score (nSPS) is 18.1. The van der Waals surface area contributed by atoms with Gasteiger partial charge < -0.3 is 10.4 Å². The van der Waals surface area contributed by atoms with Gasteiger partial charge in [0, 0.05) is 42.9 Å². The lowest BCUT2D eigenvalue weighted by atomic mass is 10.1. The van der Waals surface area contributed by atoms with Crippen LogP contribution in [0.4, 0.5) is 5.69 Å². The van der Waals surface area contributed by atoms with E-state index in [4.69, 9.17) is 11.6 Å². The number of anilines is 1. The van der Waals surface area contributed by atoms with Crippen molar-refractivity contribution in [2.45, 2.75) is 19.4 Å². The maximum absolute atomic E-state index is 12.1. The summed E-state index contributed by atoms with van der Waals surface area (Å²) in [6.07, 6.45) is 0.952. The zero-order chi connectivity index (χ0) is 15.9. The predicted molar refractivity (Wildman–Crippen MR) is 89.3 cm³/mol. The Kier molecular flexibility index (Phi) is 6.64. The number of amides is 1. The second kappa shape index (κ2) is 8.48. The highest BCUT2D eigenvalue weighted by atomic mass is 35.5. The van der Waals surface area contributed by atoms with Gasteiger partial charge in [-0.05, 0) is 30.7 Å². The molecule has 0 spiro atoms. The average molecular weight is 326 g/mol. The van der Waals surface area contributed by atoms with E-state index in [-0.39, 0.29) is 18.6 Å². The lowest BCUT2D eigenvalue weighted by Gasteiger charge is -2.38. The molecule has 1 aromatic carbocycles. The van der Waals surface area contributed by atoms with Crippen LogP contribution < -0.4 is 5.32 Å². The quantitative estimate of drug-likeness (QED) is 0.835. The van der Waals surface area contributed by atoms with Gasteiger partial charge in [0.25, 0.3) is 0 Å². The summed E-state index contributed by atoms with van der Waals surface area (Å²) in [5, 5.41) is 12.9. The third-order valence-electron chi connectivity index (χ3n) is 4.10. The van der Waals surface area contributed by atoms with Crippen LogP contribution in [0.25, 0.3) is 0 Å². The van der Waals surface area contributed by atoms with Crippen LogP contribution in [0.2, 0.25) is 5.02 Å². The molecular weight excluding hydrogens is 302 g/mol. The molecule has 0 aliphatic carbocycles. The number of halogens is 1. The molecule has 0 saturated carbocycles. The van der Waals surface area contributed by atoms with Crippen LogP contribution in [-0.4, -0.2) is 66.2 Å². The predicted octanol–water partition coefficient (Wildman–Crippen LogP) is 1.67. The molecule has 1 unspecified atom stereocenters. The number of carbonyl (C=O) groups excluding carboxylic acids is 1. The fourth-order valence-electron chi connectivity index (χ4n) is 2.73. The van der Waals surface area contributed by atoms with E-state index in [9.17, 15) is 9.90 Å². The molecule has 5 nitrogen and oxygen atoms in total. The maximum Gasteiger partial charge on any atom is 0.238 e. The van der Waals surface area contributed by atoms with Crippen molar-refractivity contribution in [3.8, 4) is 0 Å². The highest BCUT2D eigenvalue weighted by Gasteiger charge is 2.23. The number of rotatable bonds is 6. The van der Waals surface area contributed by atoms with Crippen molar-refractivity contribution in [1.29, 1.82) is 0 Å². The summed E-state index contributed by atoms with van der Waals surface area (Å²) in [5.74, 6) is -0.00929. The molecule has 1 aliphatic heterocycles. The standard InChI is InChI=1S/C16H24ClN3O2/c1-2-15(12-21)20-9-7-19(8-10-20)11-16(22)18-14-5-3-13(17)4-6-14/h3-6,15,21H,2,7-12H2,1H3,(H,18,22). The largest absolute Gasteiger partial charge is 0.395 e. The van der Waals surface area contributed by atoms with E-state index in [2.05, 4.69) is 22.0 Å². The third-order valence-corrected chi connectivity index (χ3v) is 4.35. The summed E-state index contributed by atoms with van der Waals surface area (Å²) in [6.45, 7) is 6.18. The Bertz CT molecular complexity index is 469. The third kappa shape index (κ3) is 4.95. The lowest BCUT2D eigenvalue weighted by Crippen LogP contribution is -2.52. The number of aliphatic hydroxyl groups excluding tert-OH is 1. The smallest absolute Gasteiger partial charge is 0.238 e. The van der Waals surface area contributed by atoms with Crippen LogP contribution in [-0.2, 0) is 4.79 Å². The van der Waals surface area contributed by atoms with E-state index >= 15 is 0 Å². The first kappa shape index (κ1) is 17.2. The summed E-state index contributed by atoms with van der Waals surface area (Å²) >= 11 is 5.82. The van der Waals surface area contributed by atoms with Crippen LogP contribution in [0.15, 0.2) is 24.3 Å². The van der Waals surface area contributed by atoms with Crippen LogP contribution in [0.3, 0.4) is 0 Å². The molecule has 122 valence electrons. The molecule has 1 aliphatic rings. The van der Waals surface area contributed by atoms with E-state index in [1.54, 1.807) is 24.3 Å². The second-order valence-corrected chi connectivity index (χ2v) is 6.05. The summed E-state index contributed by atoms with van der Waals surface area (Å²) in [6, 6.07) is 7.35. The molecular formula is C16H24ClN3O2. The van der Waals surface area contributed by atoms with E-state index in [0.29, 0.717) is 11.6 Å². The molecule has 6 heteroatoms. The molecule has 1 heterocycles. The fraction of sp³-hybridized carbons (Fsp3) is 0.562. The number of nitrogens with one attached hydrogen (secondary N) is 1. The highest BCUT2D eigenvalue weighted by molar-refractivity contribution is 6.30. The van der Waals surface area contributed by atoms with Gasteiger partial charge in [-0.2, -0.15) is 0 Å². The van der Waals surface area contributed by atoms with Crippen molar-refractivity contribution in [2.24, 2.45) is 0 Å². The molecule has 1 fully saturated rings. The molecule has 1 amide bonds. The van der Waals surface area contributed by atoms with Crippen molar-refractivity contribution < 1.29 is 9.90 Å². The summed E-state index contributed by atoms with van der Waals surface area (Å²) in [4.78, 5) is 16.5. The van der Waals surface area contributed by atoms with Crippen molar-refractivity contribution in [2.75, 3.05) is 44.6 Å². The first-order valence-electron chi connectivity index (χ1n) is 7.75. The highest BCUT2D eigenvalue weighted by Crippen LogP contribution is 2.14. The van der Waals surface area contributed by atoms with Gasteiger partial charge in [-0.3, -0.25) is 14.6 Å². The van der Waals surface area contributed by atoms with Crippen LogP contribution in [0.5, 0.6) is 0 Å². The number of nitrogens with zero attached hydrogens (tertiary/aromatic N) is 2. The molecule has 2 rings (SSSR count). The Morgan fingerprint density at radius 3 is 2.45 bits per heavy atom. The van der Waals surface area contributed by atoms with Gasteiger partial charge >= 0.3 is 0 Å². The van der Waals surface area contributed by atoms with E-state index in [1.807, 2.05) is 0 Å². The summed E-state index contributed by atoms with van der Waals surface area (Å²) in [5.41, 5.74) is 0.763. The SMILES string of the molecule is CCC(CO)N1CCN(CC(=O)Nc2ccc(Cl)cc2)CC1. The number of benzene rings is 1. The number of carbonyl (C=O) groups is 1. The van der Waals surface area contributed by atoms with Gasteiger partial charge in [-0.25, -0.2) is 0 Å². The van der Waals surface area contributed by atoms with Gasteiger partial charge in [0.15, 0.2) is 0 Å². The molecule has 1 aromatic rings. The Labute approximate surface area is 136 Å². The zero-order valence-corrected chi connectivity index (χ0v) is 13.7. The lowest BCUT2D eigenvalue weighted by molar-refractivity contribution is -0.117. The molecule has 1 atom stereocenters. The molecule has 0 aromatic heterocycles. The average Bonchev–Trinajstić information content (AvgIpc) is 2.52. The van der Waals surface area contributed by atoms with Crippen molar-refractivity contribution in [3.63, 3.8) is 0 Å². The molecule has 2 N–H and O–H groups in total. The van der Waals surface area contributed by atoms with Gasteiger partial charge in [-0.15, -0.1) is 0 Å². The topological polar surface area (TPSA) is 55.8 Å². The molecule has 0 radical (unpaired) electrons. The minimum Gasteiger partial charge on any atom is -0.395 e. The number of aliphatic hydroxyl groups is 1. The van der Waals surface area contributed by atoms with Gasteiger partial charge in [0.2, 0.25) is 5.91 Å². The van der Waals surface area contributed by atoms with Crippen LogP contribution in [0, 0.1) is 0 Å². The van der Waals surface area contributed by atoms with E-state index in [0.717, 1.165) is 38.3 Å². The number of hydrogen-bond acceptors (Lipinski definition) is 4. The second-order valence-electron chi connectivity index (χ2n) is 5.61. The Morgan fingerprint density at radius 2 is 1.91 bits per heavy atom. The minimum atomic E-state index is -0.00929. The number of piperazine rings is 1. The minimum absolute atomic E-state index is 0.00929. The maximum atomic E-state index is 12.1. The zero-order valence-electron chi connectivity index (χ0n) is 13.0. The van der Waals surface area contributed by atoms with E-state index < -0.39 is 0 Å². The Hall–Kier alpha value is -1.14. The van der Waals surface area contributed by atoms with Crippen molar-refractivity contribution in [1.82, 2.24) is 9.80 Å². The van der Waals surface area contributed by atoms with Gasteiger partial charge in [0.1, 0.15) is 0 Å². The molecule has 0 bridgehead atoms. The summed E-state index contributed by atoms with van der Waals surface area (Å²) < 4.78 is 0. The molecule has 22 heavy (non-hydrogen) atoms. The van der Waals surface area contributed by atoms with E-state index in [1.165, 1.54) is 0 Å². The molecule has 1 saturated heterocycles. The van der Waals surface area contributed by atoms with Gasteiger partial charge in [-0.1, -0.05) is 18.5 Å². The number of hydrogen-bond donors (Lipinski definition) is 2. The Balaban J connectivity index is 1.75. The Morgan fingerprint density at radius 1 is 1.27 bits per heavy atom. The first-order chi connectivity index (χ1) is 10.6. The van der Waals surface area contributed by atoms with Crippen LogP contribution in [0.1, 0.15) is 13.3 Å². The fourth-order valence-corrected chi connectivity index (χ4v) is 2.85. The summed E-state index contributed by atoms with van der Waals surface area (Å²) in [7, 11) is 0. The van der Waals surface area contributed by atoms with Crippen molar-refractivity contribution >= 4 is 23.2 Å².